The van der Waals surface area contributed by atoms with Crippen LogP contribution in [-0.2, 0) is 6.54 Å². The van der Waals surface area contributed by atoms with Gasteiger partial charge in [0.2, 0.25) is 0 Å². The molecule has 0 saturated carbocycles. The Bertz CT molecular complexity index is 672. The number of nitrogen functional groups attached to an aromatic ring is 1. The van der Waals surface area contributed by atoms with Gasteiger partial charge < -0.3 is 16.4 Å². The molecule has 4 nitrogen and oxygen atoms in total. The molecule has 112 valence electrons. The molecule has 4 N–H and O–H groups in total. The van der Waals surface area contributed by atoms with Crippen LogP contribution in [0.1, 0.15) is 15.2 Å². The topological polar surface area (TPSA) is 72.3 Å². The zero-order valence-electron chi connectivity index (χ0n) is 11.7. The molecule has 2 aromatic rings. The molecule has 0 spiro atoms. The molecule has 1 aromatic carbocycles. The number of rotatable bonds is 5. The van der Waals surface area contributed by atoms with Gasteiger partial charge in [0.05, 0.1) is 10.6 Å². The number of anilines is 2. The number of carbonyl (C=O) groups is 1. The summed E-state index contributed by atoms with van der Waals surface area (Å²) < 4.78 is 0. The molecule has 21 heavy (non-hydrogen) atoms. The monoisotopic (exact) mass is 341 g/mol. The van der Waals surface area contributed by atoms with Gasteiger partial charge in [0.1, 0.15) is 9.88 Å². The van der Waals surface area contributed by atoms with Crippen LogP contribution in [0.25, 0.3) is 0 Å². The maximum atomic E-state index is 11.4. The number of nitrogens with two attached hydrogens (primary N) is 2. The summed E-state index contributed by atoms with van der Waals surface area (Å²) in [4.78, 5) is 14.8. The van der Waals surface area contributed by atoms with E-state index in [1.165, 1.54) is 23.1 Å². The van der Waals surface area contributed by atoms with Gasteiger partial charge in [-0.3, -0.25) is 4.79 Å². The summed E-state index contributed by atoms with van der Waals surface area (Å²) in [6, 6.07) is 7.68. The summed E-state index contributed by atoms with van der Waals surface area (Å²) in [6.45, 7) is 0.673. The number of hydrogen-bond donors (Lipinski definition) is 2. The number of carbonyl (C=O) groups excluding carboxylic acids is 1. The van der Waals surface area contributed by atoms with Crippen molar-refractivity contribution in [3.8, 4) is 0 Å². The number of thiophene rings is 1. The Morgan fingerprint density at radius 1 is 1.48 bits per heavy atom. The normalized spacial score (nSPS) is 10.6. The maximum absolute atomic E-state index is 11.4. The van der Waals surface area contributed by atoms with Crippen molar-refractivity contribution in [3.63, 3.8) is 0 Å². The second-order valence-corrected chi connectivity index (χ2v) is 6.79. The van der Waals surface area contributed by atoms with E-state index < -0.39 is 5.91 Å². The molecule has 2 rings (SSSR count). The fraction of sp³-hybridized carbons (Fsp3) is 0.214. The van der Waals surface area contributed by atoms with Crippen molar-refractivity contribution in [2.75, 3.05) is 23.9 Å². The van der Waals surface area contributed by atoms with E-state index in [-0.39, 0.29) is 0 Å². The summed E-state index contributed by atoms with van der Waals surface area (Å²) in [6.07, 6.45) is 1.93. The van der Waals surface area contributed by atoms with Crippen molar-refractivity contribution in [3.05, 3.63) is 39.7 Å². The van der Waals surface area contributed by atoms with E-state index in [1.54, 1.807) is 0 Å². The van der Waals surface area contributed by atoms with Gasteiger partial charge in [-0.05, 0) is 24.0 Å². The highest BCUT2D eigenvalue weighted by Crippen LogP contribution is 2.43. The minimum atomic E-state index is -0.491. The summed E-state index contributed by atoms with van der Waals surface area (Å²) in [7, 11) is 1.96. The maximum Gasteiger partial charge on any atom is 0.261 e. The number of amides is 1. The zero-order chi connectivity index (χ0) is 15.6. The summed E-state index contributed by atoms with van der Waals surface area (Å²) in [5.41, 5.74) is 12.9. The van der Waals surface area contributed by atoms with Gasteiger partial charge >= 0.3 is 0 Å². The lowest BCUT2D eigenvalue weighted by molar-refractivity contribution is 0.100. The van der Waals surface area contributed by atoms with E-state index in [2.05, 4.69) is 0 Å². The van der Waals surface area contributed by atoms with Crippen molar-refractivity contribution in [2.45, 2.75) is 11.4 Å². The zero-order valence-corrected chi connectivity index (χ0v) is 14.1. The molecule has 0 atom stereocenters. The summed E-state index contributed by atoms with van der Waals surface area (Å²) in [5, 5.41) is 1.64. The van der Waals surface area contributed by atoms with Crippen LogP contribution in [0.3, 0.4) is 0 Å². The van der Waals surface area contributed by atoms with Crippen molar-refractivity contribution in [2.24, 2.45) is 5.73 Å². The smallest absolute Gasteiger partial charge is 0.261 e. The largest absolute Gasteiger partial charge is 0.396 e. The molecule has 1 aromatic heterocycles. The van der Waals surface area contributed by atoms with E-state index in [9.17, 15) is 4.79 Å². The van der Waals surface area contributed by atoms with Crippen LogP contribution < -0.4 is 16.4 Å². The molecule has 0 radical (unpaired) electrons. The Kier molecular flexibility index (Phi) is 5.03. The molecule has 7 heteroatoms. The molecule has 0 bridgehead atoms. The van der Waals surface area contributed by atoms with Crippen LogP contribution in [-0.4, -0.2) is 19.2 Å². The lowest BCUT2D eigenvalue weighted by Crippen LogP contribution is -2.15. The predicted molar refractivity (Wildman–Crippen MR) is 92.6 cm³/mol. The van der Waals surface area contributed by atoms with E-state index in [0.717, 1.165) is 15.5 Å². The number of thioether (sulfide) groups is 1. The van der Waals surface area contributed by atoms with Crippen LogP contribution in [0.5, 0.6) is 0 Å². The molecule has 0 saturated heterocycles. The number of hydrogen-bond acceptors (Lipinski definition) is 5. The van der Waals surface area contributed by atoms with E-state index in [1.807, 2.05) is 42.5 Å². The number of halogens is 1. The van der Waals surface area contributed by atoms with Crippen molar-refractivity contribution < 1.29 is 4.79 Å². The standard InChI is InChI=1S/C14H16ClN3OS2/c1-18(7-8-4-3-5-9(15)6-8)14-12(20-2)10(16)11(21-14)13(17)19/h3-6H,7,16H2,1-2H3,(H2,17,19). The van der Waals surface area contributed by atoms with Crippen molar-refractivity contribution in [1.29, 1.82) is 0 Å². The second-order valence-electron chi connectivity index (χ2n) is 4.53. The third-order valence-electron chi connectivity index (χ3n) is 2.97. The van der Waals surface area contributed by atoms with Gasteiger partial charge in [0, 0.05) is 18.6 Å². The van der Waals surface area contributed by atoms with Gasteiger partial charge in [0.15, 0.2) is 0 Å². The van der Waals surface area contributed by atoms with Crippen LogP contribution in [0, 0.1) is 0 Å². The van der Waals surface area contributed by atoms with Gasteiger partial charge in [-0.15, -0.1) is 23.1 Å². The molecule has 1 amide bonds. The SMILES string of the molecule is CSc1c(N(C)Cc2cccc(Cl)c2)sc(C(N)=O)c1N. The first-order chi connectivity index (χ1) is 9.93. The quantitative estimate of drug-likeness (QED) is 0.817. The molecule has 0 aliphatic carbocycles. The molecular formula is C14H16ClN3OS2. The summed E-state index contributed by atoms with van der Waals surface area (Å²) in [5.74, 6) is -0.491. The minimum absolute atomic E-state index is 0.410. The average Bonchev–Trinajstić information content (AvgIpc) is 2.75. The van der Waals surface area contributed by atoms with Crippen LogP contribution in [0.2, 0.25) is 5.02 Å². The molecular weight excluding hydrogens is 326 g/mol. The third kappa shape index (κ3) is 3.45. The predicted octanol–water partition coefficient (Wildman–Crippen LogP) is 3.44. The van der Waals surface area contributed by atoms with Gasteiger partial charge in [-0.2, -0.15) is 0 Å². The first-order valence-electron chi connectivity index (χ1n) is 6.15. The number of nitrogens with zero attached hydrogens (tertiary/aromatic N) is 1. The van der Waals surface area contributed by atoms with E-state index >= 15 is 0 Å². The minimum Gasteiger partial charge on any atom is -0.396 e. The van der Waals surface area contributed by atoms with Gasteiger partial charge in [-0.1, -0.05) is 23.7 Å². The van der Waals surface area contributed by atoms with E-state index in [0.29, 0.717) is 22.1 Å². The molecule has 0 fully saturated rings. The fourth-order valence-corrected chi connectivity index (χ4v) is 4.26. The van der Waals surface area contributed by atoms with E-state index in [4.69, 9.17) is 23.1 Å². The van der Waals surface area contributed by atoms with Crippen LogP contribution >= 0.6 is 34.7 Å². The number of primary amides is 1. The lowest BCUT2D eigenvalue weighted by atomic mass is 10.2. The highest BCUT2D eigenvalue weighted by Gasteiger charge is 2.21. The lowest BCUT2D eigenvalue weighted by Gasteiger charge is -2.19. The average molecular weight is 342 g/mol. The van der Waals surface area contributed by atoms with Gasteiger partial charge in [0.25, 0.3) is 5.91 Å². The Balaban J connectivity index is 2.32. The highest BCUT2D eigenvalue weighted by molar-refractivity contribution is 7.99. The molecule has 1 heterocycles. The Labute approximate surface area is 137 Å². The first kappa shape index (κ1) is 16.0. The second kappa shape index (κ2) is 6.60. The fourth-order valence-electron chi connectivity index (χ4n) is 2.03. The molecule has 0 aliphatic heterocycles. The highest BCUT2D eigenvalue weighted by atomic mass is 35.5. The van der Waals surface area contributed by atoms with Crippen LogP contribution in [0.4, 0.5) is 10.7 Å². The Morgan fingerprint density at radius 3 is 2.76 bits per heavy atom. The van der Waals surface area contributed by atoms with Crippen LogP contribution in [0.15, 0.2) is 29.2 Å². The molecule has 0 unspecified atom stereocenters. The Hall–Kier alpha value is -1.37. The van der Waals surface area contributed by atoms with Crippen molar-refractivity contribution in [1.82, 2.24) is 0 Å². The number of benzene rings is 1. The van der Waals surface area contributed by atoms with Gasteiger partial charge in [-0.25, -0.2) is 0 Å². The third-order valence-corrected chi connectivity index (χ3v) is 5.49. The Morgan fingerprint density at radius 2 is 2.19 bits per heavy atom. The molecule has 0 aliphatic rings. The summed E-state index contributed by atoms with van der Waals surface area (Å²) >= 11 is 8.84. The van der Waals surface area contributed by atoms with Crippen molar-refractivity contribution >= 4 is 51.3 Å². The first-order valence-corrected chi connectivity index (χ1v) is 8.57.